The maximum absolute atomic E-state index is 11.9. The zero-order valence-electron chi connectivity index (χ0n) is 30.9. The molecule has 2 aliphatic heterocycles. The van der Waals surface area contributed by atoms with Gasteiger partial charge in [-0.1, -0.05) is 24.3 Å². The van der Waals surface area contributed by atoms with Crippen LogP contribution in [0.15, 0.2) is 132 Å². The predicted octanol–water partition coefficient (Wildman–Crippen LogP) is 6.78. The first-order valence-electron chi connectivity index (χ1n) is 18.0. The van der Waals surface area contributed by atoms with Crippen LogP contribution in [0.1, 0.15) is 22.8 Å². The number of aromatic nitrogens is 6. The van der Waals surface area contributed by atoms with E-state index in [9.17, 15) is 25.9 Å². The van der Waals surface area contributed by atoms with Crippen LogP contribution in [0, 0.1) is 0 Å². The Morgan fingerprint density at radius 1 is 0.414 bits per heavy atom. The van der Waals surface area contributed by atoms with Crippen molar-refractivity contribution >= 4 is 66.6 Å². The first kappa shape index (κ1) is 36.8. The monoisotopic (exact) mass is 804 g/mol. The van der Waals surface area contributed by atoms with Crippen LogP contribution in [-0.2, 0) is 34.3 Å². The molecule has 0 spiro atoms. The van der Waals surface area contributed by atoms with Crippen LogP contribution in [0.25, 0.3) is 90.9 Å². The molecular weight excluding hydrogens is 773 g/mol. The minimum atomic E-state index is -4.70. The number of rotatable bonds is 6. The van der Waals surface area contributed by atoms with E-state index < -0.39 is 20.2 Å². The minimum Gasteiger partial charge on any atom is -0.744 e. The topological polar surface area (TPSA) is 180 Å². The number of benzene rings is 2. The lowest BCUT2D eigenvalue weighted by Crippen LogP contribution is -2.25. The molecule has 7 aromatic rings. The third kappa shape index (κ3) is 6.83. The van der Waals surface area contributed by atoms with Gasteiger partial charge in [0.25, 0.3) is 0 Å². The van der Waals surface area contributed by atoms with Crippen LogP contribution >= 0.6 is 0 Å². The van der Waals surface area contributed by atoms with Crippen molar-refractivity contribution in [2.24, 2.45) is 14.1 Å². The molecule has 0 atom stereocenters. The Hall–Kier alpha value is -6.84. The van der Waals surface area contributed by atoms with Gasteiger partial charge in [0.15, 0.2) is 24.8 Å². The molecule has 7 heterocycles. The molecule has 0 aliphatic carbocycles. The Labute approximate surface area is 333 Å². The van der Waals surface area contributed by atoms with E-state index >= 15 is 0 Å². The van der Waals surface area contributed by atoms with E-state index in [1.807, 2.05) is 121 Å². The second kappa shape index (κ2) is 14.0. The van der Waals surface area contributed by atoms with Gasteiger partial charge in [-0.05, 0) is 95.1 Å². The third-order valence-corrected chi connectivity index (χ3v) is 11.9. The molecule has 58 heavy (non-hydrogen) atoms. The summed E-state index contributed by atoms with van der Waals surface area (Å²) in [7, 11) is -5.50. The lowest BCUT2D eigenvalue weighted by molar-refractivity contribution is -0.671. The standard InChI is InChI=1S/C44H32N6O6S2/c1-49-23-19-29(20-24-49)43-37-15-13-35(46-37)41(27-3-7-31(8-4-27)57(51,52)53)33-11-12-34(45-33)42(28-5-9-32(10-6-28)58(54,55)56)36-14-16-38(47-36)44(40-18-17-39(43)48-40)30-21-25-50(2)26-22-30/h3-26H,1-2H3,(H2-,45,46,47,48,51,52,53,54,55,56). The summed E-state index contributed by atoms with van der Waals surface area (Å²) in [6.07, 6.45) is 15.5. The van der Waals surface area contributed by atoms with Gasteiger partial charge in [0.2, 0.25) is 0 Å². The quantitative estimate of drug-likeness (QED) is 0.136. The Morgan fingerprint density at radius 2 is 0.672 bits per heavy atom. The number of pyridine rings is 2. The number of nitrogens with one attached hydrogen (secondary N) is 2. The van der Waals surface area contributed by atoms with E-state index in [0.29, 0.717) is 56.1 Å². The fraction of sp³-hybridized carbons (Fsp3) is 0.0455. The number of H-pyrrole nitrogens is 2. The Bertz CT molecular complexity index is 3050. The molecule has 12 nitrogen and oxygen atoms in total. The smallest absolute Gasteiger partial charge is 0.169 e. The van der Waals surface area contributed by atoms with Crippen molar-refractivity contribution in [2.45, 2.75) is 9.79 Å². The molecule has 14 heteroatoms. The van der Waals surface area contributed by atoms with E-state index in [4.69, 9.17) is 9.97 Å². The zero-order valence-corrected chi connectivity index (χ0v) is 32.5. The molecule has 2 N–H and O–H groups in total. The normalized spacial score (nSPS) is 12.6. The second-order valence-electron chi connectivity index (χ2n) is 14.0. The van der Waals surface area contributed by atoms with Crippen LogP contribution in [0.2, 0.25) is 0 Å². The van der Waals surface area contributed by atoms with Crippen LogP contribution in [-0.4, -0.2) is 45.9 Å². The van der Waals surface area contributed by atoms with E-state index in [0.717, 1.165) is 33.3 Å². The summed E-state index contributed by atoms with van der Waals surface area (Å²) in [5.74, 6) is 0. The molecule has 0 saturated heterocycles. The van der Waals surface area contributed by atoms with Crippen molar-refractivity contribution in [3.8, 4) is 44.5 Å². The first-order valence-corrected chi connectivity index (χ1v) is 20.8. The summed E-state index contributed by atoms with van der Waals surface area (Å²) in [6, 6.07) is 27.3. The summed E-state index contributed by atoms with van der Waals surface area (Å²) in [6.45, 7) is 0. The lowest BCUT2D eigenvalue weighted by Gasteiger charge is -2.10. The maximum Gasteiger partial charge on any atom is 0.169 e. The Kier molecular flexibility index (Phi) is 8.86. The number of fused-ring (bicyclic) bond motifs is 8. The largest absolute Gasteiger partial charge is 0.744 e. The molecule has 286 valence electrons. The van der Waals surface area contributed by atoms with Gasteiger partial charge in [0, 0.05) is 68.6 Å². The Balaban J connectivity index is 1.44. The molecular formula is C44H32N6O6S2. The van der Waals surface area contributed by atoms with Gasteiger partial charge >= 0.3 is 0 Å². The number of nitrogens with zero attached hydrogens (tertiary/aromatic N) is 4. The van der Waals surface area contributed by atoms with Crippen molar-refractivity contribution in [1.29, 1.82) is 0 Å². The van der Waals surface area contributed by atoms with Crippen molar-refractivity contribution in [3.63, 3.8) is 0 Å². The number of hydrogen-bond donors (Lipinski definition) is 2. The molecule has 0 radical (unpaired) electrons. The molecule has 2 aromatic carbocycles. The minimum absolute atomic E-state index is 0.360. The number of hydrogen-bond acceptors (Lipinski definition) is 8. The average molecular weight is 805 g/mol. The van der Waals surface area contributed by atoms with Gasteiger partial charge < -0.3 is 19.1 Å². The predicted molar refractivity (Wildman–Crippen MR) is 219 cm³/mol. The molecule has 2 aliphatic rings. The maximum atomic E-state index is 11.9. The zero-order chi connectivity index (χ0) is 40.3. The van der Waals surface area contributed by atoms with Crippen molar-refractivity contribution < 1.29 is 35.1 Å². The van der Waals surface area contributed by atoms with Gasteiger partial charge in [0.05, 0.1) is 32.6 Å². The highest BCUT2D eigenvalue weighted by Gasteiger charge is 2.20. The van der Waals surface area contributed by atoms with E-state index in [-0.39, 0.29) is 9.79 Å². The summed E-state index contributed by atoms with van der Waals surface area (Å²) < 4.78 is 75.3. The van der Waals surface area contributed by atoms with Crippen molar-refractivity contribution in [1.82, 2.24) is 19.9 Å². The molecule has 0 saturated carbocycles. The second-order valence-corrected chi connectivity index (χ2v) is 16.7. The third-order valence-electron chi connectivity index (χ3n) is 10.2. The van der Waals surface area contributed by atoms with Crippen molar-refractivity contribution in [2.75, 3.05) is 0 Å². The molecule has 0 fully saturated rings. The highest BCUT2D eigenvalue weighted by Crippen LogP contribution is 2.38. The number of aromatic amines is 2. The molecule has 0 unspecified atom stereocenters. The fourth-order valence-electron chi connectivity index (χ4n) is 7.33. The van der Waals surface area contributed by atoms with Gasteiger partial charge in [0.1, 0.15) is 34.3 Å². The summed E-state index contributed by atoms with van der Waals surface area (Å²) in [5, 5.41) is 0. The van der Waals surface area contributed by atoms with Gasteiger partial charge in [-0.15, -0.1) is 0 Å². The highest BCUT2D eigenvalue weighted by molar-refractivity contribution is 7.86. The molecule has 5 aromatic heterocycles. The van der Waals surface area contributed by atoms with Crippen LogP contribution in [0.3, 0.4) is 0 Å². The van der Waals surface area contributed by atoms with Gasteiger partial charge in [-0.25, -0.2) is 35.9 Å². The van der Waals surface area contributed by atoms with Crippen LogP contribution < -0.4 is 9.13 Å². The first-order chi connectivity index (χ1) is 27.8. The van der Waals surface area contributed by atoms with Crippen LogP contribution in [0.4, 0.5) is 0 Å². The van der Waals surface area contributed by atoms with Gasteiger partial charge in [-0.2, -0.15) is 0 Å². The summed E-state index contributed by atoms with van der Waals surface area (Å²) in [4.78, 5) is 16.9. The van der Waals surface area contributed by atoms with E-state index in [2.05, 4.69) is 9.97 Å². The SMILES string of the molecule is C[n+]1ccc(-c2c3nc(c(-c4ccc(S(=O)(=O)[O-])cc4)c4ccc([nH]4)c(-c4ccc(S(=O)(=O)[O-])cc4)c4nc(c(-c5cc[n+](C)cc5)c5ccc2[nH]5)C=C4)C=C3)cc1. The van der Waals surface area contributed by atoms with E-state index in [1.165, 1.54) is 24.3 Å². The molecule has 0 amide bonds. The highest BCUT2D eigenvalue weighted by atomic mass is 32.2. The average Bonchev–Trinajstić information content (AvgIpc) is 4.04. The number of aryl methyl sites for hydroxylation is 2. The lowest BCUT2D eigenvalue weighted by atomic mass is 10.0. The van der Waals surface area contributed by atoms with Crippen LogP contribution in [0.5, 0.6) is 0 Å². The fourth-order valence-corrected chi connectivity index (χ4v) is 8.27. The summed E-state index contributed by atoms with van der Waals surface area (Å²) >= 11 is 0. The van der Waals surface area contributed by atoms with E-state index in [1.54, 1.807) is 24.3 Å². The van der Waals surface area contributed by atoms with Crippen molar-refractivity contribution in [3.05, 3.63) is 145 Å². The molecule has 8 bridgehead atoms. The summed E-state index contributed by atoms with van der Waals surface area (Å²) in [5.41, 5.74) is 11.3. The molecule has 9 rings (SSSR count). The van der Waals surface area contributed by atoms with Gasteiger partial charge in [-0.3, -0.25) is 0 Å². The Morgan fingerprint density at radius 3 is 0.931 bits per heavy atom.